The first-order valence-electron chi connectivity index (χ1n) is 8.74. The number of amides is 1. The average Bonchev–Trinajstić information content (AvgIpc) is 3.10. The number of thiophene rings is 1. The molecule has 2 aromatic rings. The molecule has 0 saturated carbocycles. The number of hydrogen-bond donors (Lipinski definition) is 1. The third-order valence-corrected chi connectivity index (χ3v) is 5.91. The second-order valence-electron chi connectivity index (χ2n) is 6.71. The first kappa shape index (κ1) is 17.2. The van der Waals surface area contributed by atoms with Crippen LogP contribution in [-0.4, -0.2) is 37.0 Å². The predicted octanol–water partition coefficient (Wildman–Crippen LogP) is 3.97. The van der Waals surface area contributed by atoms with Crippen molar-refractivity contribution in [2.75, 3.05) is 26.2 Å². The van der Waals surface area contributed by atoms with E-state index < -0.39 is 0 Å². The number of likely N-dealkylation sites (tertiary alicyclic amines) is 1. The number of piperidine rings is 1. The van der Waals surface area contributed by atoms with E-state index in [1.54, 1.807) is 0 Å². The molecule has 1 aromatic heterocycles. The van der Waals surface area contributed by atoms with Gasteiger partial charge in [0.15, 0.2) is 0 Å². The van der Waals surface area contributed by atoms with E-state index in [9.17, 15) is 4.79 Å². The maximum absolute atomic E-state index is 12.3. The molecule has 4 heteroatoms. The molecule has 3 rings (SSSR count). The highest BCUT2D eigenvalue weighted by Gasteiger charge is 2.21. The Hall–Kier alpha value is -1.65. The second kappa shape index (κ2) is 7.95. The summed E-state index contributed by atoms with van der Waals surface area (Å²) in [6, 6.07) is 10.4. The summed E-state index contributed by atoms with van der Waals surface area (Å²) in [7, 11) is 0. The molecule has 3 nitrogen and oxygen atoms in total. The Morgan fingerprint density at radius 1 is 1.25 bits per heavy atom. The van der Waals surface area contributed by atoms with Crippen molar-refractivity contribution >= 4 is 17.2 Å². The van der Waals surface area contributed by atoms with Gasteiger partial charge in [0, 0.05) is 23.5 Å². The maximum Gasteiger partial charge on any atom is 0.251 e. The summed E-state index contributed by atoms with van der Waals surface area (Å²) in [5, 5.41) is 5.24. The van der Waals surface area contributed by atoms with Gasteiger partial charge in [0.05, 0.1) is 0 Å². The molecule has 0 unspecified atom stereocenters. The third-order valence-electron chi connectivity index (χ3n) is 4.87. The van der Waals surface area contributed by atoms with Crippen molar-refractivity contribution < 1.29 is 4.79 Å². The zero-order valence-electron chi connectivity index (χ0n) is 14.5. The SMILES string of the molecule is Cc1ccc(C(=O)NCCN2CCC(c3cccs3)CC2)c(C)c1. The van der Waals surface area contributed by atoms with Crippen LogP contribution in [0.2, 0.25) is 0 Å². The molecule has 0 radical (unpaired) electrons. The quantitative estimate of drug-likeness (QED) is 0.891. The van der Waals surface area contributed by atoms with E-state index in [4.69, 9.17) is 0 Å². The molecule has 0 bridgehead atoms. The van der Waals surface area contributed by atoms with Gasteiger partial charge in [-0.15, -0.1) is 11.3 Å². The summed E-state index contributed by atoms with van der Waals surface area (Å²) in [5.74, 6) is 0.770. The van der Waals surface area contributed by atoms with Crippen LogP contribution in [0.4, 0.5) is 0 Å². The van der Waals surface area contributed by atoms with Gasteiger partial charge < -0.3 is 10.2 Å². The molecular formula is C20H26N2OS. The van der Waals surface area contributed by atoms with Gasteiger partial charge in [-0.1, -0.05) is 23.8 Å². The van der Waals surface area contributed by atoms with Gasteiger partial charge in [0.2, 0.25) is 0 Å². The zero-order chi connectivity index (χ0) is 16.9. The normalized spacial score (nSPS) is 16.2. The number of benzene rings is 1. The van der Waals surface area contributed by atoms with E-state index in [1.165, 1.54) is 23.3 Å². The minimum Gasteiger partial charge on any atom is -0.351 e. The number of carbonyl (C=O) groups excluding carboxylic acids is 1. The van der Waals surface area contributed by atoms with Crippen LogP contribution in [0.1, 0.15) is 45.1 Å². The number of rotatable bonds is 5. The van der Waals surface area contributed by atoms with Gasteiger partial charge >= 0.3 is 0 Å². The minimum absolute atomic E-state index is 0.0426. The summed E-state index contributed by atoms with van der Waals surface area (Å²) >= 11 is 1.88. The van der Waals surface area contributed by atoms with Crippen molar-refractivity contribution in [3.8, 4) is 0 Å². The van der Waals surface area contributed by atoms with E-state index >= 15 is 0 Å². The molecule has 0 spiro atoms. The summed E-state index contributed by atoms with van der Waals surface area (Å²) in [6.45, 7) is 7.96. The molecule has 128 valence electrons. The predicted molar refractivity (Wildman–Crippen MR) is 101 cm³/mol. The monoisotopic (exact) mass is 342 g/mol. The first-order valence-corrected chi connectivity index (χ1v) is 9.62. The highest BCUT2D eigenvalue weighted by Crippen LogP contribution is 2.30. The number of nitrogens with one attached hydrogen (secondary N) is 1. The standard InChI is InChI=1S/C20H26N2OS/c1-15-5-6-18(16(2)14-15)20(23)21-9-12-22-10-7-17(8-11-22)19-4-3-13-24-19/h3-6,13-14,17H,7-12H2,1-2H3,(H,21,23). The molecule has 1 aromatic carbocycles. The van der Waals surface area contributed by atoms with Crippen LogP contribution in [-0.2, 0) is 0 Å². The molecule has 1 saturated heterocycles. The van der Waals surface area contributed by atoms with E-state index in [0.717, 1.165) is 43.2 Å². The Kier molecular flexibility index (Phi) is 5.69. The van der Waals surface area contributed by atoms with Gasteiger partial charge in [-0.2, -0.15) is 0 Å². The molecule has 1 aliphatic heterocycles. The number of hydrogen-bond acceptors (Lipinski definition) is 3. The fourth-order valence-corrected chi connectivity index (χ4v) is 4.36. The van der Waals surface area contributed by atoms with E-state index in [2.05, 4.69) is 40.7 Å². The lowest BCUT2D eigenvalue weighted by Gasteiger charge is -2.31. The molecule has 1 amide bonds. The van der Waals surface area contributed by atoms with Crippen LogP contribution in [0.5, 0.6) is 0 Å². The van der Waals surface area contributed by atoms with Crippen molar-refractivity contribution in [1.29, 1.82) is 0 Å². The molecule has 1 fully saturated rings. The lowest BCUT2D eigenvalue weighted by molar-refractivity contribution is 0.0945. The lowest BCUT2D eigenvalue weighted by Crippen LogP contribution is -2.39. The fraction of sp³-hybridized carbons (Fsp3) is 0.450. The van der Waals surface area contributed by atoms with Crippen LogP contribution < -0.4 is 5.32 Å². The average molecular weight is 343 g/mol. The zero-order valence-corrected chi connectivity index (χ0v) is 15.4. The van der Waals surface area contributed by atoms with Crippen LogP contribution in [0.25, 0.3) is 0 Å². The van der Waals surface area contributed by atoms with E-state index in [-0.39, 0.29) is 5.91 Å². The fourth-order valence-electron chi connectivity index (χ4n) is 3.46. The lowest BCUT2D eigenvalue weighted by atomic mass is 9.95. The number of aryl methyl sites for hydroxylation is 2. The van der Waals surface area contributed by atoms with Gasteiger partial charge in [0.1, 0.15) is 0 Å². The molecule has 2 heterocycles. The highest BCUT2D eigenvalue weighted by molar-refractivity contribution is 7.10. The van der Waals surface area contributed by atoms with Crippen molar-refractivity contribution in [1.82, 2.24) is 10.2 Å². The molecule has 1 N–H and O–H groups in total. The Morgan fingerprint density at radius 3 is 2.71 bits per heavy atom. The maximum atomic E-state index is 12.3. The summed E-state index contributed by atoms with van der Waals surface area (Å²) < 4.78 is 0. The largest absolute Gasteiger partial charge is 0.351 e. The van der Waals surface area contributed by atoms with Crippen LogP contribution >= 0.6 is 11.3 Å². The van der Waals surface area contributed by atoms with Gasteiger partial charge in [-0.25, -0.2) is 0 Å². The Morgan fingerprint density at radius 2 is 2.04 bits per heavy atom. The molecular weight excluding hydrogens is 316 g/mol. The van der Waals surface area contributed by atoms with E-state index in [1.807, 2.05) is 30.4 Å². The topological polar surface area (TPSA) is 32.3 Å². The summed E-state index contributed by atoms with van der Waals surface area (Å²) in [4.78, 5) is 16.3. The second-order valence-corrected chi connectivity index (χ2v) is 7.68. The summed E-state index contributed by atoms with van der Waals surface area (Å²) in [5.41, 5.74) is 3.03. The van der Waals surface area contributed by atoms with Gasteiger partial charge in [-0.05, 0) is 68.8 Å². The Balaban J connectivity index is 1.41. The highest BCUT2D eigenvalue weighted by atomic mass is 32.1. The minimum atomic E-state index is 0.0426. The first-order chi connectivity index (χ1) is 11.6. The Bertz CT molecular complexity index is 673. The van der Waals surface area contributed by atoms with Crippen molar-refractivity contribution in [3.05, 3.63) is 57.3 Å². The van der Waals surface area contributed by atoms with Gasteiger partial charge in [-0.3, -0.25) is 4.79 Å². The van der Waals surface area contributed by atoms with Crippen LogP contribution in [0.3, 0.4) is 0 Å². The smallest absolute Gasteiger partial charge is 0.251 e. The molecule has 0 aliphatic carbocycles. The van der Waals surface area contributed by atoms with Crippen molar-refractivity contribution in [2.24, 2.45) is 0 Å². The van der Waals surface area contributed by atoms with Crippen LogP contribution in [0, 0.1) is 13.8 Å². The molecule has 24 heavy (non-hydrogen) atoms. The van der Waals surface area contributed by atoms with Crippen molar-refractivity contribution in [3.63, 3.8) is 0 Å². The Labute approximate surface area is 148 Å². The van der Waals surface area contributed by atoms with E-state index in [0.29, 0.717) is 0 Å². The third kappa shape index (κ3) is 4.25. The molecule has 0 atom stereocenters. The summed E-state index contributed by atoms with van der Waals surface area (Å²) in [6.07, 6.45) is 2.46. The molecule has 1 aliphatic rings. The number of nitrogens with zero attached hydrogens (tertiary/aromatic N) is 1. The van der Waals surface area contributed by atoms with Crippen molar-refractivity contribution in [2.45, 2.75) is 32.6 Å². The van der Waals surface area contributed by atoms with Gasteiger partial charge in [0.25, 0.3) is 5.91 Å². The van der Waals surface area contributed by atoms with Crippen LogP contribution in [0.15, 0.2) is 35.7 Å². The number of carbonyl (C=O) groups is 1.